The molecule has 0 saturated heterocycles. The van der Waals surface area contributed by atoms with Crippen molar-refractivity contribution < 1.29 is 9.59 Å². The highest BCUT2D eigenvalue weighted by Crippen LogP contribution is 2.48. The van der Waals surface area contributed by atoms with Crippen LogP contribution in [0.5, 0.6) is 0 Å². The van der Waals surface area contributed by atoms with Crippen molar-refractivity contribution in [2.45, 2.75) is 25.0 Å². The summed E-state index contributed by atoms with van der Waals surface area (Å²) in [4.78, 5) is 29.5. The Labute approximate surface area is 128 Å². The standard InChI is InChI=1S/C18H14N2O2/c21-17-13-6-2-1-5-12(13)16-19(11-9-10-11)18(22)14-7-3-4-8-15(14)20(16)17/h1-8,11,16H,9-10H2. The predicted octanol–water partition coefficient (Wildman–Crippen LogP) is 2.96. The Morgan fingerprint density at radius 3 is 2.27 bits per heavy atom. The monoisotopic (exact) mass is 290 g/mol. The van der Waals surface area contributed by atoms with Crippen LogP contribution in [-0.2, 0) is 0 Å². The molecule has 0 radical (unpaired) electrons. The molecular weight excluding hydrogens is 276 g/mol. The van der Waals surface area contributed by atoms with Crippen molar-refractivity contribution in [1.29, 1.82) is 0 Å². The molecule has 5 rings (SSSR count). The van der Waals surface area contributed by atoms with E-state index in [9.17, 15) is 9.59 Å². The normalized spacial score (nSPS) is 22.5. The fraction of sp³-hybridized carbons (Fsp3) is 0.222. The third-order valence-electron chi connectivity index (χ3n) is 4.76. The van der Waals surface area contributed by atoms with E-state index in [-0.39, 0.29) is 24.0 Å². The molecule has 1 unspecified atom stereocenters. The topological polar surface area (TPSA) is 40.6 Å². The number of carbonyl (C=O) groups is 2. The van der Waals surface area contributed by atoms with Crippen molar-refractivity contribution in [2.75, 3.05) is 4.90 Å². The summed E-state index contributed by atoms with van der Waals surface area (Å²) in [6.45, 7) is 0. The van der Waals surface area contributed by atoms with E-state index in [0.29, 0.717) is 11.1 Å². The maximum atomic E-state index is 12.9. The highest BCUT2D eigenvalue weighted by atomic mass is 16.2. The summed E-state index contributed by atoms with van der Waals surface area (Å²) in [5, 5.41) is 0. The molecule has 0 spiro atoms. The zero-order chi connectivity index (χ0) is 14.8. The van der Waals surface area contributed by atoms with Gasteiger partial charge in [0.25, 0.3) is 11.8 Å². The van der Waals surface area contributed by atoms with Crippen LogP contribution in [-0.4, -0.2) is 22.8 Å². The van der Waals surface area contributed by atoms with Crippen molar-refractivity contribution in [1.82, 2.24) is 4.90 Å². The molecule has 0 aromatic heterocycles. The first-order valence-corrected chi connectivity index (χ1v) is 7.61. The molecular formula is C18H14N2O2. The van der Waals surface area contributed by atoms with Gasteiger partial charge in [0.2, 0.25) is 0 Å². The van der Waals surface area contributed by atoms with Crippen LogP contribution in [0, 0.1) is 0 Å². The summed E-state index contributed by atoms with van der Waals surface area (Å²) in [6.07, 6.45) is 1.77. The van der Waals surface area contributed by atoms with Gasteiger partial charge in [-0.05, 0) is 31.0 Å². The molecule has 108 valence electrons. The van der Waals surface area contributed by atoms with Gasteiger partial charge < -0.3 is 4.90 Å². The molecule has 2 heterocycles. The van der Waals surface area contributed by atoms with Crippen LogP contribution < -0.4 is 4.90 Å². The quantitative estimate of drug-likeness (QED) is 0.810. The van der Waals surface area contributed by atoms with Gasteiger partial charge in [0.15, 0.2) is 0 Å². The van der Waals surface area contributed by atoms with E-state index >= 15 is 0 Å². The number of nitrogens with zero attached hydrogens (tertiary/aromatic N) is 2. The zero-order valence-electron chi connectivity index (χ0n) is 11.9. The second-order valence-corrected chi connectivity index (χ2v) is 6.10. The summed E-state index contributed by atoms with van der Waals surface area (Å²) in [5.41, 5.74) is 3.02. The first-order chi connectivity index (χ1) is 10.8. The third kappa shape index (κ3) is 1.37. The SMILES string of the molecule is O=C1c2ccccc2C2N1c1ccccc1C(=O)N2C1CC1. The lowest BCUT2D eigenvalue weighted by atomic mass is 10.0. The van der Waals surface area contributed by atoms with Crippen LogP contribution in [0.1, 0.15) is 45.3 Å². The Morgan fingerprint density at radius 1 is 0.818 bits per heavy atom. The highest BCUT2D eigenvalue weighted by Gasteiger charge is 2.51. The molecule has 2 amide bonds. The lowest BCUT2D eigenvalue weighted by Gasteiger charge is -2.41. The van der Waals surface area contributed by atoms with E-state index in [0.717, 1.165) is 24.1 Å². The van der Waals surface area contributed by atoms with Crippen molar-refractivity contribution in [2.24, 2.45) is 0 Å². The van der Waals surface area contributed by atoms with Gasteiger partial charge in [0, 0.05) is 17.2 Å². The van der Waals surface area contributed by atoms with Crippen LogP contribution in [0.25, 0.3) is 0 Å². The number of amides is 2. The van der Waals surface area contributed by atoms with Crippen molar-refractivity contribution in [3.05, 3.63) is 65.2 Å². The van der Waals surface area contributed by atoms with Gasteiger partial charge in [-0.25, -0.2) is 0 Å². The average Bonchev–Trinajstić information content (AvgIpc) is 3.34. The number of rotatable bonds is 1. The van der Waals surface area contributed by atoms with Crippen LogP contribution in [0.15, 0.2) is 48.5 Å². The minimum absolute atomic E-state index is 0.00815. The second-order valence-electron chi connectivity index (χ2n) is 6.10. The van der Waals surface area contributed by atoms with Crippen molar-refractivity contribution in [3.8, 4) is 0 Å². The molecule has 2 aliphatic heterocycles. The van der Waals surface area contributed by atoms with Crippen molar-refractivity contribution >= 4 is 17.5 Å². The minimum Gasteiger partial charge on any atom is -0.310 e. The number of para-hydroxylation sites is 1. The summed E-state index contributed by atoms with van der Waals surface area (Å²) >= 11 is 0. The maximum absolute atomic E-state index is 12.9. The Hall–Kier alpha value is -2.62. The molecule has 2 aromatic carbocycles. The Balaban J connectivity index is 1.79. The van der Waals surface area contributed by atoms with E-state index in [1.807, 2.05) is 53.4 Å². The highest BCUT2D eigenvalue weighted by molar-refractivity contribution is 6.16. The Morgan fingerprint density at radius 2 is 1.50 bits per heavy atom. The number of benzene rings is 2. The molecule has 22 heavy (non-hydrogen) atoms. The molecule has 4 nitrogen and oxygen atoms in total. The van der Waals surface area contributed by atoms with Crippen LogP contribution >= 0.6 is 0 Å². The molecule has 0 bridgehead atoms. The molecule has 1 saturated carbocycles. The molecule has 1 atom stereocenters. The molecule has 1 fully saturated rings. The van der Waals surface area contributed by atoms with Gasteiger partial charge >= 0.3 is 0 Å². The predicted molar refractivity (Wildman–Crippen MR) is 81.6 cm³/mol. The van der Waals surface area contributed by atoms with E-state index in [2.05, 4.69) is 0 Å². The zero-order valence-corrected chi connectivity index (χ0v) is 11.9. The first-order valence-electron chi connectivity index (χ1n) is 7.61. The van der Waals surface area contributed by atoms with E-state index in [4.69, 9.17) is 0 Å². The smallest absolute Gasteiger partial charge is 0.260 e. The summed E-state index contributed by atoms with van der Waals surface area (Å²) in [7, 11) is 0. The number of carbonyl (C=O) groups excluding carboxylic acids is 2. The summed E-state index contributed by atoms with van der Waals surface area (Å²) in [6, 6.07) is 15.3. The van der Waals surface area contributed by atoms with Gasteiger partial charge in [-0.2, -0.15) is 0 Å². The lowest BCUT2D eigenvalue weighted by molar-refractivity contribution is 0.0630. The molecule has 1 aliphatic carbocycles. The van der Waals surface area contributed by atoms with Crippen LogP contribution in [0.2, 0.25) is 0 Å². The molecule has 4 heteroatoms. The molecule has 2 aromatic rings. The number of fused-ring (bicyclic) bond motifs is 5. The second kappa shape index (κ2) is 3.97. The van der Waals surface area contributed by atoms with E-state index < -0.39 is 0 Å². The lowest BCUT2D eigenvalue weighted by Crippen LogP contribution is -2.49. The maximum Gasteiger partial charge on any atom is 0.260 e. The van der Waals surface area contributed by atoms with Crippen molar-refractivity contribution in [3.63, 3.8) is 0 Å². The fourth-order valence-electron chi connectivity index (χ4n) is 3.65. The molecule has 3 aliphatic rings. The largest absolute Gasteiger partial charge is 0.310 e. The average molecular weight is 290 g/mol. The van der Waals surface area contributed by atoms with Gasteiger partial charge in [-0.1, -0.05) is 30.3 Å². The summed E-state index contributed by atoms with van der Waals surface area (Å²) < 4.78 is 0. The van der Waals surface area contributed by atoms with Gasteiger partial charge in [0.1, 0.15) is 6.17 Å². The van der Waals surface area contributed by atoms with Crippen LogP contribution in [0.4, 0.5) is 5.69 Å². The number of hydrogen-bond donors (Lipinski definition) is 0. The first kappa shape index (κ1) is 12.0. The minimum atomic E-state index is -0.279. The van der Waals surface area contributed by atoms with E-state index in [1.165, 1.54) is 0 Å². The van der Waals surface area contributed by atoms with E-state index in [1.54, 1.807) is 4.90 Å². The summed E-state index contributed by atoms with van der Waals surface area (Å²) in [5.74, 6) is 0.0371. The number of anilines is 1. The molecule has 0 N–H and O–H groups in total. The fourth-order valence-corrected chi connectivity index (χ4v) is 3.65. The number of hydrogen-bond acceptors (Lipinski definition) is 2. The third-order valence-corrected chi connectivity index (χ3v) is 4.76. The Kier molecular flexibility index (Phi) is 2.16. The van der Waals surface area contributed by atoms with Gasteiger partial charge in [-0.15, -0.1) is 0 Å². The van der Waals surface area contributed by atoms with Gasteiger partial charge in [-0.3, -0.25) is 14.5 Å². The van der Waals surface area contributed by atoms with Crippen LogP contribution in [0.3, 0.4) is 0 Å². The Bertz CT molecular complexity index is 825. The van der Waals surface area contributed by atoms with Gasteiger partial charge in [0.05, 0.1) is 11.3 Å².